The first kappa shape index (κ1) is 27.6. The van der Waals surface area contributed by atoms with Crippen LogP contribution in [0.15, 0.2) is 12.5 Å². The normalized spacial score (nSPS) is 19.2. The minimum atomic E-state index is -1.11. The molecule has 1 fully saturated rings. The minimum absolute atomic E-state index is 0.162. The number of nitrogens with two attached hydrogens (primary N) is 1. The Hall–Kier alpha value is -2.60. The summed E-state index contributed by atoms with van der Waals surface area (Å²) in [4.78, 5) is 59.1. The fourth-order valence-electron chi connectivity index (χ4n) is 3.91. The van der Waals surface area contributed by atoms with Crippen LogP contribution in [0.1, 0.15) is 45.2 Å². The predicted octanol–water partition coefficient (Wildman–Crippen LogP) is 0.124. The quantitative estimate of drug-likeness (QED) is 0.256. The maximum atomic E-state index is 13.5. The van der Waals surface area contributed by atoms with Crippen molar-refractivity contribution in [1.29, 1.82) is 0 Å². The first-order valence-corrected chi connectivity index (χ1v) is 12.9. The molecule has 3 amide bonds. The monoisotopic (exact) mass is 496 g/mol. The molecule has 0 saturated carbocycles. The van der Waals surface area contributed by atoms with E-state index in [4.69, 9.17) is 5.73 Å². The third-order valence-corrected chi connectivity index (χ3v) is 6.82. The van der Waals surface area contributed by atoms with Gasteiger partial charge in [-0.15, -0.1) is 0 Å². The van der Waals surface area contributed by atoms with Crippen molar-refractivity contribution < 1.29 is 24.3 Å². The number of carbonyl (C=O) groups excluding carboxylic acids is 3. The summed E-state index contributed by atoms with van der Waals surface area (Å²) in [5, 5.41) is 14.9. The molecule has 1 saturated heterocycles. The summed E-state index contributed by atoms with van der Waals surface area (Å²) < 4.78 is 0. The fraction of sp³-hybridized carbons (Fsp3) is 0.682. The Balaban J connectivity index is 2.17. The number of aliphatic carboxylic acids is 1. The van der Waals surface area contributed by atoms with Crippen LogP contribution < -0.4 is 16.4 Å². The number of carbonyl (C=O) groups is 4. The fourth-order valence-corrected chi connectivity index (χ4v) is 4.40. The molecular formula is C22H36N6O5S. The van der Waals surface area contributed by atoms with Gasteiger partial charge in [0, 0.05) is 24.9 Å². The van der Waals surface area contributed by atoms with Gasteiger partial charge in [0.05, 0.1) is 12.4 Å². The van der Waals surface area contributed by atoms with Crippen LogP contribution in [0.2, 0.25) is 0 Å². The number of aromatic nitrogens is 2. The molecule has 12 heteroatoms. The molecule has 5 atom stereocenters. The standard InChI is InChI=1S/C22H36N6O5S/c1-4-13(2)18(22(32)33)27-20(30)17-6-5-8-28(17)21(31)16(10-14-11-24-12-25-14)26-19(29)15(23)7-9-34-3/h11-13,15-18H,4-10,23H2,1-3H3,(H,24,25)(H,26,29)(H,27,30)(H,32,33). The van der Waals surface area contributed by atoms with Gasteiger partial charge in [0.15, 0.2) is 0 Å². The number of rotatable bonds is 13. The Labute approximate surface area is 204 Å². The number of H-pyrrole nitrogens is 1. The summed E-state index contributed by atoms with van der Waals surface area (Å²) in [5.74, 6) is -2.00. The van der Waals surface area contributed by atoms with Crippen LogP contribution in [0.4, 0.5) is 0 Å². The SMILES string of the molecule is CCC(C)C(NC(=O)C1CCCN1C(=O)C(Cc1cnc[nH]1)NC(=O)C(N)CCSC)C(=O)O. The van der Waals surface area contributed by atoms with Gasteiger partial charge in [-0.05, 0) is 37.2 Å². The molecule has 11 nitrogen and oxygen atoms in total. The molecule has 6 N–H and O–H groups in total. The Morgan fingerprint density at radius 1 is 1.35 bits per heavy atom. The van der Waals surface area contributed by atoms with Crippen LogP contribution in [0.3, 0.4) is 0 Å². The zero-order valence-corrected chi connectivity index (χ0v) is 20.8. The van der Waals surface area contributed by atoms with Crippen LogP contribution in [0.5, 0.6) is 0 Å². The lowest BCUT2D eigenvalue weighted by atomic mass is 9.98. The van der Waals surface area contributed by atoms with E-state index < -0.39 is 47.9 Å². The maximum absolute atomic E-state index is 13.5. The lowest BCUT2D eigenvalue weighted by molar-refractivity contribution is -0.146. The number of nitrogens with one attached hydrogen (secondary N) is 3. The van der Waals surface area contributed by atoms with Gasteiger partial charge in [-0.2, -0.15) is 11.8 Å². The van der Waals surface area contributed by atoms with Gasteiger partial charge < -0.3 is 31.4 Å². The van der Waals surface area contributed by atoms with E-state index in [0.717, 1.165) is 0 Å². The Kier molecular flexibility index (Phi) is 10.8. The van der Waals surface area contributed by atoms with Crippen molar-refractivity contribution in [1.82, 2.24) is 25.5 Å². The molecule has 0 bridgehead atoms. The number of imidazole rings is 1. The number of carboxylic acid groups (broad SMARTS) is 1. The minimum Gasteiger partial charge on any atom is -0.480 e. The average Bonchev–Trinajstić information content (AvgIpc) is 3.51. The van der Waals surface area contributed by atoms with Crippen LogP contribution >= 0.6 is 11.8 Å². The molecule has 1 aromatic heterocycles. The molecule has 0 spiro atoms. The number of aromatic amines is 1. The smallest absolute Gasteiger partial charge is 0.326 e. The highest BCUT2D eigenvalue weighted by Gasteiger charge is 2.39. The molecule has 0 aliphatic carbocycles. The first-order chi connectivity index (χ1) is 16.2. The lowest BCUT2D eigenvalue weighted by Crippen LogP contribution is -2.57. The molecule has 5 unspecified atom stereocenters. The molecule has 1 aliphatic rings. The van der Waals surface area contributed by atoms with Gasteiger partial charge in [-0.1, -0.05) is 20.3 Å². The third kappa shape index (κ3) is 7.45. The molecule has 34 heavy (non-hydrogen) atoms. The van der Waals surface area contributed by atoms with E-state index >= 15 is 0 Å². The highest BCUT2D eigenvalue weighted by molar-refractivity contribution is 7.98. The number of thioether (sulfide) groups is 1. The van der Waals surface area contributed by atoms with Crippen LogP contribution in [0, 0.1) is 5.92 Å². The number of carboxylic acids is 1. The number of hydrogen-bond donors (Lipinski definition) is 5. The van der Waals surface area contributed by atoms with E-state index in [1.54, 1.807) is 24.9 Å². The first-order valence-electron chi connectivity index (χ1n) is 11.5. The number of amides is 3. The molecule has 1 aromatic rings. The average molecular weight is 497 g/mol. The summed E-state index contributed by atoms with van der Waals surface area (Å²) in [6, 6.07) is -3.53. The van der Waals surface area contributed by atoms with Crippen LogP contribution in [0.25, 0.3) is 0 Å². The lowest BCUT2D eigenvalue weighted by Gasteiger charge is -2.30. The molecule has 190 valence electrons. The van der Waals surface area contributed by atoms with Crippen molar-refractivity contribution in [2.75, 3.05) is 18.6 Å². The van der Waals surface area contributed by atoms with Gasteiger partial charge in [0.25, 0.3) is 0 Å². The van der Waals surface area contributed by atoms with E-state index in [2.05, 4.69) is 20.6 Å². The largest absolute Gasteiger partial charge is 0.480 e. The number of hydrogen-bond acceptors (Lipinski definition) is 7. The Bertz CT molecular complexity index is 836. The maximum Gasteiger partial charge on any atom is 0.326 e. The van der Waals surface area contributed by atoms with E-state index in [-0.39, 0.29) is 12.3 Å². The summed E-state index contributed by atoms with van der Waals surface area (Å²) in [6.45, 7) is 3.95. The molecule has 2 rings (SSSR count). The molecule has 2 heterocycles. The second-order valence-corrected chi connectivity index (χ2v) is 9.62. The van der Waals surface area contributed by atoms with Gasteiger partial charge in [0.1, 0.15) is 18.1 Å². The van der Waals surface area contributed by atoms with E-state index in [0.29, 0.717) is 43.7 Å². The summed E-state index contributed by atoms with van der Waals surface area (Å²) in [7, 11) is 0. The molecular weight excluding hydrogens is 460 g/mol. The zero-order valence-electron chi connectivity index (χ0n) is 20.0. The molecule has 1 aliphatic heterocycles. The van der Waals surface area contributed by atoms with Crippen LogP contribution in [-0.4, -0.2) is 86.4 Å². The Morgan fingerprint density at radius 2 is 2.09 bits per heavy atom. The molecule has 0 radical (unpaired) electrons. The van der Waals surface area contributed by atoms with E-state index in [1.807, 2.05) is 13.2 Å². The zero-order chi connectivity index (χ0) is 25.3. The van der Waals surface area contributed by atoms with Crippen molar-refractivity contribution in [2.45, 2.75) is 70.1 Å². The van der Waals surface area contributed by atoms with Gasteiger partial charge in [-0.3, -0.25) is 14.4 Å². The second kappa shape index (κ2) is 13.3. The van der Waals surface area contributed by atoms with Gasteiger partial charge >= 0.3 is 5.97 Å². The number of nitrogens with zero attached hydrogens (tertiary/aromatic N) is 2. The summed E-state index contributed by atoms with van der Waals surface area (Å²) in [6.07, 6.45) is 7.21. The summed E-state index contributed by atoms with van der Waals surface area (Å²) in [5.41, 5.74) is 6.64. The predicted molar refractivity (Wildman–Crippen MR) is 129 cm³/mol. The highest BCUT2D eigenvalue weighted by Crippen LogP contribution is 2.20. The Morgan fingerprint density at radius 3 is 2.68 bits per heavy atom. The highest BCUT2D eigenvalue weighted by atomic mass is 32.2. The van der Waals surface area contributed by atoms with Crippen molar-refractivity contribution in [3.8, 4) is 0 Å². The van der Waals surface area contributed by atoms with E-state index in [9.17, 15) is 24.3 Å². The van der Waals surface area contributed by atoms with Crippen LogP contribution in [-0.2, 0) is 25.6 Å². The third-order valence-electron chi connectivity index (χ3n) is 6.18. The van der Waals surface area contributed by atoms with E-state index in [1.165, 1.54) is 11.2 Å². The molecule has 0 aromatic carbocycles. The van der Waals surface area contributed by atoms with Gasteiger partial charge in [0.2, 0.25) is 17.7 Å². The second-order valence-electron chi connectivity index (χ2n) is 8.63. The van der Waals surface area contributed by atoms with Crippen molar-refractivity contribution in [2.24, 2.45) is 11.7 Å². The van der Waals surface area contributed by atoms with Crippen molar-refractivity contribution >= 4 is 35.5 Å². The number of likely N-dealkylation sites (tertiary alicyclic amines) is 1. The van der Waals surface area contributed by atoms with Crippen molar-refractivity contribution in [3.63, 3.8) is 0 Å². The van der Waals surface area contributed by atoms with Gasteiger partial charge in [-0.25, -0.2) is 9.78 Å². The summed E-state index contributed by atoms with van der Waals surface area (Å²) >= 11 is 1.58. The topological polar surface area (TPSA) is 171 Å². The van der Waals surface area contributed by atoms with Crippen molar-refractivity contribution in [3.05, 3.63) is 18.2 Å².